The highest BCUT2D eigenvalue weighted by Crippen LogP contribution is 2.34. The van der Waals surface area contributed by atoms with Crippen molar-refractivity contribution in [2.45, 2.75) is 38.4 Å². The Morgan fingerprint density at radius 3 is 2.19 bits per heavy atom. The Morgan fingerprint density at radius 1 is 1.24 bits per heavy atom. The fraction of sp³-hybridized carbons (Fsp3) is 0.500. The fourth-order valence-electron chi connectivity index (χ4n) is 2.14. The van der Waals surface area contributed by atoms with Crippen LogP contribution < -0.4 is 16.8 Å². The van der Waals surface area contributed by atoms with Gasteiger partial charge in [0.25, 0.3) is 0 Å². The molecule has 21 heavy (non-hydrogen) atoms. The van der Waals surface area contributed by atoms with Gasteiger partial charge in [-0.15, -0.1) is 0 Å². The second kappa shape index (κ2) is 6.34. The highest BCUT2D eigenvalue weighted by atomic mass is 19.4. The van der Waals surface area contributed by atoms with Crippen molar-refractivity contribution in [3.8, 4) is 0 Å². The number of benzene rings is 1. The third-order valence-electron chi connectivity index (χ3n) is 3.74. The summed E-state index contributed by atoms with van der Waals surface area (Å²) in [6.45, 7) is 4.11. The standard InChI is InChI=1S/C14H20F3N3O/c1-3-13(4-2,8-18)20-9-5-6-10(12(19)21)11(7-9)14(15,16)17/h5-7,20H,3-4,8,18H2,1-2H3,(H2,19,21). The lowest BCUT2D eigenvalue weighted by molar-refractivity contribution is -0.137. The fourth-order valence-corrected chi connectivity index (χ4v) is 2.14. The Hall–Kier alpha value is -1.76. The van der Waals surface area contributed by atoms with Crippen LogP contribution in [0.15, 0.2) is 18.2 Å². The van der Waals surface area contributed by atoms with Crippen molar-refractivity contribution in [2.75, 3.05) is 11.9 Å². The quantitative estimate of drug-likeness (QED) is 0.756. The summed E-state index contributed by atoms with van der Waals surface area (Å²) in [4.78, 5) is 11.1. The van der Waals surface area contributed by atoms with Crippen LogP contribution in [-0.4, -0.2) is 18.0 Å². The monoisotopic (exact) mass is 303 g/mol. The number of carbonyl (C=O) groups is 1. The highest BCUT2D eigenvalue weighted by molar-refractivity contribution is 5.95. The van der Waals surface area contributed by atoms with Gasteiger partial charge < -0.3 is 16.8 Å². The molecule has 0 spiro atoms. The molecule has 0 aliphatic heterocycles. The molecule has 0 atom stereocenters. The van der Waals surface area contributed by atoms with Crippen LogP contribution in [0, 0.1) is 0 Å². The molecule has 7 heteroatoms. The van der Waals surface area contributed by atoms with Crippen molar-refractivity contribution in [2.24, 2.45) is 11.5 Å². The van der Waals surface area contributed by atoms with Crippen LogP contribution in [0.4, 0.5) is 18.9 Å². The van der Waals surface area contributed by atoms with Gasteiger partial charge in [-0.25, -0.2) is 0 Å². The molecule has 0 unspecified atom stereocenters. The maximum absolute atomic E-state index is 13.0. The van der Waals surface area contributed by atoms with Crippen molar-refractivity contribution in [3.63, 3.8) is 0 Å². The molecule has 1 amide bonds. The van der Waals surface area contributed by atoms with Gasteiger partial charge in [0.1, 0.15) is 0 Å². The van der Waals surface area contributed by atoms with Crippen LogP contribution in [-0.2, 0) is 6.18 Å². The molecular formula is C14H20F3N3O. The summed E-state index contributed by atoms with van der Waals surface area (Å²) in [5.74, 6) is -1.11. The van der Waals surface area contributed by atoms with Crippen molar-refractivity contribution >= 4 is 11.6 Å². The molecule has 1 aromatic carbocycles. The molecule has 0 heterocycles. The summed E-state index contributed by atoms with van der Waals surface area (Å²) < 4.78 is 39.0. The average molecular weight is 303 g/mol. The molecule has 0 radical (unpaired) electrons. The van der Waals surface area contributed by atoms with Crippen LogP contribution in [0.5, 0.6) is 0 Å². The summed E-state index contributed by atoms with van der Waals surface area (Å²) in [6, 6.07) is 3.39. The lowest BCUT2D eigenvalue weighted by atomic mass is 9.92. The van der Waals surface area contributed by atoms with E-state index in [1.807, 2.05) is 13.8 Å². The minimum Gasteiger partial charge on any atom is -0.378 e. The van der Waals surface area contributed by atoms with Crippen molar-refractivity contribution in [1.82, 2.24) is 0 Å². The maximum Gasteiger partial charge on any atom is 0.417 e. The van der Waals surface area contributed by atoms with Crippen LogP contribution in [0.25, 0.3) is 0 Å². The first-order chi connectivity index (χ1) is 9.69. The minimum absolute atomic E-state index is 0.265. The predicted octanol–water partition coefficient (Wildman–Crippen LogP) is 2.73. The number of halogens is 3. The number of primary amides is 1. The number of hydrogen-bond acceptors (Lipinski definition) is 3. The van der Waals surface area contributed by atoms with Gasteiger partial charge in [0.15, 0.2) is 0 Å². The topological polar surface area (TPSA) is 81.1 Å². The minimum atomic E-state index is -4.65. The van der Waals surface area contributed by atoms with E-state index in [4.69, 9.17) is 11.5 Å². The first kappa shape index (κ1) is 17.3. The van der Waals surface area contributed by atoms with Gasteiger partial charge in [0, 0.05) is 17.8 Å². The Morgan fingerprint density at radius 2 is 1.81 bits per heavy atom. The first-order valence-corrected chi connectivity index (χ1v) is 6.68. The molecule has 0 aromatic heterocycles. The largest absolute Gasteiger partial charge is 0.417 e. The average Bonchev–Trinajstić information content (AvgIpc) is 2.43. The normalized spacial score (nSPS) is 12.3. The zero-order valence-corrected chi connectivity index (χ0v) is 12.1. The van der Waals surface area contributed by atoms with E-state index in [0.717, 1.165) is 12.1 Å². The lowest BCUT2D eigenvalue weighted by Gasteiger charge is -2.33. The number of nitrogens with two attached hydrogens (primary N) is 2. The second-order valence-corrected chi connectivity index (χ2v) is 4.94. The molecule has 1 rings (SSSR count). The second-order valence-electron chi connectivity index (χ2n) is 4.94. The number of nitrogens with one attached hydrogen (secondary N) is 1. The number of amides is 1. The van der Waals surface area contributed by atoms with Gasteiger partial charge in [0.05, 0.1) is 11.1 Å². The molecule has 0 bridgehead atoms. The van der Waals surface area contributed by atoms with Crippen molar-refractivity contribution in [1.29, 1.82) is 0 Å². The SMILES string of the molecule is CCC(CC)(CN)Nc1ccc(C(N)=O)c(C(F)(F)F)c1. The van der Waals surface area contributed by atoms with E-state index < -0.39 is 28.7 Å². The third kappa shape index (κ3) is 3.87. The summed E-state index contributed by atoms with van der Waals surface area (Å²) >= 11 is 0. The molecule has 0 aliphatic rings. The molecule has 0 saturated heterocycles. The molecule has 1 aromatic rings. The maximum atomic E-state index is 13.0. The Bertz CT molecular complexity index is 502. The van der Waals surface area contributed by atoms with Crippen LogP contribution in [0.1, 0.15) is 42.6 Å². The molecular weight excluding hydrogens is 283 g/mol. The number of hydrogen-bond donors (Lipinski definition) is 3. The van der Waals surface area contributed by atoms with Crippen LogP contribution in [0.3, 0.4) is 0 Å². The van der Waals surface area contributed by atoms with E-state index in [9.17, 15) is 18.0 Å². The molecule has 5 N–H and O–H groups in total. The van der Waals surface area contributed by atoms with E-state index in [0.29, 0.717) is 19.4 Å². The Kier molecular flexibility index (Phi) is 5.22. The van der Waals surface area contributed by atoms with Gasteiger partial charge in [-0.05, 0) is 31.0 Å². The van der Waals surface area contributed by atoms with E-state index in [2.05, 4.69) is 5.32 Å². The lowest BCUT2D eigenvalue weighted by Crippen LogP contribution is -2.44. The summed E-state index contributed by atoms with van der Waals surface area (Å²) in [5.41, 5.74) is 8.91. The molecule has 118 valence electrons. The van der Waals surface area contributed by atoms with Gasteiger partial charge in [-0.3, -0.25) is 4.79 Å². The van der Waals surface area contributed by atoms with Gasteiger partial charge in [0.2, 0.25) is 5.91 Å². The van der Waals surface area contributed by atoms with E-state index in [1.165, 1.54) is 6.07 Å². The Balaban J connectivity index is 3.26. The van der Waals surface area contributed by atoms with Gasteiger partial charge in [-0.2, -0.15) is 13.2 Å². The third-order valence-corrected chi connectivity index (χ3v) is 3.74. The van der Waals surface area contributed by atoms with E-state index in [-0.39, 0.29) is 5.69 Å². The van der Waals surface area contributed by atoms with E-state index >= 15 is 0 Å². The van der Waals surface area contributed by atoms with Crippen molar-refractivity contribution in [3.05, 3.63) is 29.3 Å². The number of carbonyl (C=O) groups excluding carboxylic acids is 1. The summed E-state index contributed by atoms with van der Waals surface area (Å²) in [6.07, 6.45) is -3.32. The molecule has 0 saturated carbocycles. The van der Waals surface area contributed by atoms with Gasteiger partial charge >= 0.3 is 6.18 Å². The number of alkyl halides is 3. The van der Waals surface area contributed by atoms with Crippen LogP contribution in [0.2, 0.25) is 0 Å². The summed E-state index contributed by atoms with van der Waals surface area (Å²) in [7, 11) is 0. The van der Waals surface area contributed by atoms with Gasteiger partial charge in [-0.1, -0.05) is 13.8 Å². The highest BCUT2D eigenvalue weighted by Gasteiger charge is 2.35. The number of rotatable bonds is 6. The zero-order valence-electron chi connectivity index (χ0n) is 12.1. The molecule has 0 fully saturated rings. The predicted molar refractivity (Wildman–Crippen MR) is 76.0 cm³/mol. The van der Waals surface area contributed by atoms with Crippen LogP contribution >= 0.6 is 0 Å². The smallest absolute Gasteiger partial charge is 0.378 e. The van der Waals surface area contributed by atoms with Crippen molar-refractivity contribution < 1.29 is 18.0 Å². The first-order valence-electron chi connectivity index (χ1n) is 6.68. The zero-order chi connectivity index (χ0) is 16.3. The van der Waals surface area contributed by atoms with E-state index in [1.54, 1.807) is 0 Å². The molecule has 4 nitrogen and oxygen atoms in total. The summed E-state index contributed by atoms with van der Waals surface area (Å²) in [5, 5.41) is 3.04. The molecule has 0 aliphatic carbocycles. The Labute approximate surface area is 121 Å². The number of anilines is 1.